The summed E-state index contributed by atoms with van der Waals surface area (Å²) in [7, 11) is 0. The topological polar surface area (TPSA) is 45.8 Å². The number of aryl methyl sites for hydroxylation is 2. The average molecular weight is 393 g/mol. The maximum Gasteiger partial charge on any atom is 0.260 e. The number of fused-ring (bicyclic) bond motifs is 4. The van der Waals surface area contributed by atoms with Gasteiger partial charge in [0.05, 0.1) is 10.4 Å². The normalized spacial score (nSPS) is 14.6. The summed E-state index contributed by atoms with van der Waals surface area (Å²) in [6.07, 6.45) is 6.20. The van der Waals surface area contributed by atoms with Crippen LogP contribution in [0.1, 0.15) is 34.7 Å². The summed E-state index contributed by atoms with van der Waals surface area (Å²) in [4.78, 5) is 22.3. The van der Waals surface area contributed by atoms with Crippen molar-refractivity contribution in [2.75, 3.05) is 0 Å². The molecule has 0 spiro atoms. The molecule has 0 radical (unpaired) electrons. The first-order valence-corrected chi connectivity index (χ1v) is 10.3. The van der Waals surface area contributed by atoms with Crippen LogP contribution in [0.25, 0.3) is 32.1 Å². The van der Waals surface area contributed by atoms with E-state index in [0.717, 1.165) is 40.4 Å². The highest BCUT2D eigenvalue weighted by Crippen LogP contribution is 2.34. The second-order valence-electron chi connectivity index (χ2n) is 6.90. The van der Waals surface area contributed by atoms with Gasteiger partial charge in [-0.15, -0.1) is 11.3 Å². The van der Waals surface area contributed by atoms with Crippen molar-refractivity contribution in [1.29, 1.82) is 0 Å². The van der Waals surface area contributed by atoms with E-state index in [9.17, 15) is 4.79 Å². The number of thiophene rings is 1. The molecule has 2 aromatic heterocycles. The Bertz CT molecular complexity index is 1270. The highest BCUT2D eigenvalue weighted by atomic mass is 35.5. The van der Waals surface area contributed by atoms with E-state index in [1.165, 1.54) is 22.2 Å². The monoisotopic (exact) mass is 392 g/mol. The van der Waals surface area contributed by atoms with Gasteiger partial charge in [0, 0.05) is 4.88 Å². The fourth-order valence-electron chi connectivity index (χ4n) is 3.79. The molecule has 0 amide bonds. The summed E-state index contributed by atoms with van der Waals surface area (Å²) in [6, 6.07) is 14.4. The van der Waals surface area contributed by atoms with Crippen molar-refractivity contribution in [3.05, 3.63) is 74.6 Å². The van der Waals surface area contributed by atoms with Crippen molar-refractivity contribution in [2.45, 2.75) is 25.7 Å². The standard InChI is InChI=1S/C22H17ClN2OS/c23-17(12-13-9-10-14-5-1-2-6-15(14)11-13)20-24-21(26)19-16-7-3-4-8-18(16)27-22(19)25-20/h1-2,5-6,9-12H,3-4,7-8H2,(H,24,25,26)/b17-12-. The van der Waals surface area contributed by atoms with Crippen LogP contribution in [0.5, 0.6) is 0 Å². The van der Waals surface area contributed by atoms with Gasteiger partial charge < -0.3 is 4.98 Å². The van der Waals surface area contributed by atoms with Crippen molar-refractivity contribution in [2.24, 2.45) is 0 Å². The van der Waals surface area contributed by atoms with Crippen LogP contribution in [-0.2, 0) is 12.8 Å². The van der Waals surface area contributed by atoms with Crippen molar-refractivity contribution >= 4 is 55.0 Å². The van der Waals surface area contributed by atoms with Crippen LogP contribution in [0.2, 0.25) is 0 Å². The first kappa shape index (κ1) is 16.7. The number of hydrogen-bond donors (Lipinski definition) is 1. The molecule has 1 aliphatic rings. The highest BCUT2D eigenvalue weighted by Gasteiger charge is 2.20. The Hall–Kier alpha value is -2.43. The fourth-order valence-corrected chi connectivity index (χ4v) is 5.27. The minimum Gasteiger partial charge on any atom is -0.305 e. The summed E-state index contributed by atoms with van der Waals surface area (Å²) in [5, 5.41) is 3.53. The van der Waals surface area contributed by atoms with E-state index < -0.39 is 0 Å². The van der Waals surface area contributed by atoms with E-state index in [1.807, 2.05) is 24.3 Å². The minimum atomic E-state index is -0.0838. The van der Waals surface area contributed by atoms with Crippen molar-refractivity contribution in [3.63, 3.8) is 0 Å². The second-order valence-corrected chi connectivity index (χ2v) is 8.40. The molecule has 1 N–H and O–H groups in total. The van der Waals surface area contributed by atoms with E-state index in [0.29, 0.717) is 10.9 Å². The lowest BCUT2D eigenvalue weighted by Gasteiger charge is -2.09. The summed E-state index contributed by atoms with van der Waals surface area (Å²) in [6.45, 7) is 0. The van der Waals surface area contributed by atoms with Gasteiger partial charge in [0.1, 0.15) is 4.83 Å². The Balaban J connectivity index is 1.59. The van der Waals surface area contributed by atoms with Crippen LogP contribution >= 0.6 is 22.9 Å². The van der Waals surface area contributed by atoms with Crippen LogP contribution in [0.3, 0.4) is 0 Å². The lowest BCUT2D eigenvalue weighted by Crippen LogP contribution is -2.12. The van der Waals surface area contributed by atoms with Crippen molar-refractivity contribution in [3.8, 4) is 0 Å². The predicted molar refractivity (Wildman–Crippen MR) is 115 cm³/mol. The zero-order valence-corrected chi connectivity index (χ0v) is 16.2. The first-order valence-electron chi connectivity index (χ1n) is 9.10. The molecule has 2 aromatic carbocycles. The zero-order chi connectivity index (χ0) is 18.4. The number of hydrogen-bond acceptors (Lipinski definition) is 3. The molecule has 5 heteroatoms. The third kappa shape index (κ3) is 2.99. The smallest absolute Gasteiger partial charge is 0.260 e. The Morgan fingerprint density at radius 2 is 1.93 bits per heavy atom. The van der Waals surface area contributed by atoms with Crippen LogP contribution < -0.4 is 5.56 Å². The molecule has 0 aliphatic heterocycles. The number of rotatable bonds is 2. The van der Waals surface area contributed by atoms with Crippen molar-refractivity contribution in [1.82, 2.24) is 9.97 Å². The van der Waals surface area contributed by atoms with E-state index in [2.05, 4.69) is 34.2 Å². The summed E-state index contributed by atoms with van der Waals surface area (Å²) in [5.41, 5.74) is 2.09. The summed E-state index contributed by atoms with van der Waals surface area (Å²) in [5.74, 6) is 0.431. The molecule has 2 heterocycles. The number of benzene rings is 2. The molecule has 0 fully saturated rings. The lowest BCUT2D eigenvalue weighted by atomic mass is 9.97. The number of halogens is 1. The minimum absolute atomic E-state index is 0.0838. The van der Waals surface area contributed by atoms with Gasteiger partial charge in [-0.05, 0) is 59.7 Å². The van der Waals surface area contributed by atoms with Crippen LogP contribution in [0, 0.1) is 0 Å². The predicted octanol–water partition coefficient (Wildman–Crippen LogP) is 5.75. The SMILES string of the molecule is O=c1[nH]c(/C(Cl)=C/c2ccc3ccccc3c2)nc2sc3c(c12)CCCC3. The molecule has 27 heavy (non-hydrogen) atoms. The largest absolute Gasteiger partial charge is 0.305 e. The van der Waals surface area contributed by atoms with Gasteiger partial charge in [0.25, 0.3) is 5.56 Å². The molecule has 134 valence electrons. The maximum atomic E-state index is 12.7. The molecule has 0 unspecified atom stereocenters. The highest BCUT2D eigenvalue weighted by molar-refractivity contribution is 7.18. The maximum absolute atomic E-state index is 12.7. The fraction of sp³-hybridized carbons (Fsp3) is 0.182. The van der Waals surface area contributed by atoms with Gasteiger partial charge in [-0.3, -0.25) is 4.79 Å². The van der Waals surface area contributed by atoms with Crippen molar-refractivity contribution < 1.29 is 0 Å². The summed E-state index contributed by atoms with van der Waals surface area (Å²) < 4.78 is 0. The van der Waals surface area contributed by atoms with E-state index >= 15 is 0 Å². The number of nitrogens with one attached hydrogen (secondary N) is 1. The van der Waals surface area contributed by atoms with Gasteiger partial charge >= 0.3 is 0 Å². The Morgan fingerprint density at radius 3 is 2.81 bits per heavy atom. The number of nitrogens with zero attached hydrogens (tertiary/aromatic N) is 1. The first-order chi connectivity index (χ1) is 13.2. The molecule has 1 aliphatic carbocycles. The van der Waals surface area contributed by atoms with Gasteiger partial charge in [-0.25, -0.2) is 4.98 Å². The Morgan fingerprint density at radius 1 is 1.11 bits per heavy atom. The molecule has 4 aromatic rings. The van der Waals surface area contributed by atoms with Crippen LogP contribution in [0.15, 0.2) is 47.3 Å². The van der Waals surface area contributed by atoms with E-state index in [1.54, 1.807) is 11.3 Å². The van der Waals surface area contributed by atoms with Gasteiger partial charge in [-0.1, -0.05) is 48.0 Å². The third-order valence-electron chi connectivity index (χ3n) is 5.12. The van der Waals surface area contributed by atoms with Gasteiger partial charge in [0.2, 0.25) is 0 Å². The van der Waals surface area contributed by atoms with Crippen LogP contribution in [0.4, 0.5) is 0 Å². The number of aromatic amines is 1. The van der Waals surface area contributed by atoms with Gasteiger partial charge in [0.15, 0.2) is 5.82 Å². The molecule has 0 bridgehead atoms. The molecule has 3 nitrogen and oxygen atoms in total. The summed E-state index contributed by atoms with van der Waals surface area (Å²) >= 11 is 8.16. The van der Waals surface area contributed by atoms with Gasteiger partial charge in [-0.2, -0.15) is 0 Å². The van der Waals surface area contributed by atoms with Crippen LogP contribution in [-0.4, -0.2) is 9.97 Å². The molecular formula is C22H17ClN2OS. The molecular weight excluding hydrogens is 376 g/mol. The number of H-pyrrole nitrogens is 1. The molecule has 0 atom stereocenters. The van der Waals surface area contributed by atoms with E-state index in [4.69, 9.17) is 11.6 Å². The molecule has 0 saturated heterocycles. The Labute approximate surface area is 165 Å². The number of aromatic nitrogens is 2. The van der Waals surface area contributed by atoms with E-state index in [-0.39, 0.29) is 5.56 Å². The lowest BCUT2D eigenvalue weighted by molar-refractivity contribution is 0.700. The zero-order valence-electron chi connectivity index (χ0n) is 14.6. The average Bonchev–Trinajstić information content (AvgIpc) is 3.07. The third-order valence-corrected chi connectivity index (χ3v) is 6.59. The Kier molecular flexibility index (Phi) is 4.10. The molecule has 5 rings (SSSR count). The quantitative estimate of drug-likeness (QED) is 0.471. The molecule has 0 saturated carbocycles. The second kappa shape index (κ2) is 6.63.